The number of morpholine rings is 1. The molecule has 0 spiro atoms. The summed E-state index contributed by atoms with van der Waals surface area (Å²) in [6.07, 6.45) is 4.01. The number of nitrogens with zero attached hydrogens (tertiary/aromatic N) is 1. The molecule has 19 heavy (non-hydrogen) atoms. The summed E-state index contributed by atoms with van der Waals surface area (Å²) < 4.78 is 5.66. The average molecular weight is 268 g/mol. The van der Waals surface area contributed by atoms with Crippen molar-refractivity contribution in [2.75, 3.05) is 19.6 Å². The number of hydrogen-bond donors (Lipinski definition) is 1. The number of carbonyl (C=O) groups excluding carboxylic acids is 1. The summed E-state index contributed by atoms with van der Waals surface area (Å²) >= 11 is 0. The Balaban J connectivity index is 1.81. The third kappa shape index (κ3) is 3.69. The molecular weight excluding hydrogens is 240 g/mol. The maximum absolute atomic E-state index is 12.3. The fraction of sp³-hybridized carbons (Fsp3) is 0.933. The highest BCUT2D eigenvalue weighted by molar-refractivity contribution is 5.78. The Morgan fingerprint density at radius 3 is 2.47 bits per heavy atom. The van der Waals surface area contributed by atoms with Crippen LogP contribution in [0.25, 0.3) is 0 Å². The third-order valence-electron chi connectivity index (χ3n) is 4.53. The van der Waals surface area contributed by atoms with E-state index in [1.54, 1.807) is 0 Å². The molecule has 3 atom stereocenters. The zero-order valence-corrected chi connectivity index (χ0v) is 12.7. The summed E-state index contributed by atoms with van der Waals surface area (Å²) in [5, 5.41) is 3.47. The zero-order chi connectivity index (χ0) is 14.0. The predicted octanol–water partition coefficient (Wildman–Crippen LogP) is 1.79. The van der Waals surface area contributed by atoms with E-state index < -0.39 is 0 Å². The van der Waals surface area contributed by atoms with Crippen molar-refractivity contribution in [2.24, 2.45) is 5.41 Å². The van der Waals surface area contributed by atoms with Gasteiger partial charge in [-0.3, -0.25) is 4.79 Å². The Morgan fingerprint density at radius 1 is 1.32 bits per heavy atom. The fourth-order valence-corrected chi connectivity index (χ4v) is 3.41. The lowest BCUT2D eigenvalue weighted by Gasteiger charge is -2.36. The van der Waals surface area contributed by atoms with Crippen LogP contribution < -0.4 is 5.32 Å². The van der Waals surface area contributed by atoms with E-state index in [4.69, 9.17) is 4.74 Å². The minimum Gasteiger partial charge on any atom is -0.372 e. The molecule has 2 aliphatic rings. The van der Waals surface area contributed by atoms with Crippen molar-refractivity contribution in [1.82, 2.24) is 10.2 Å². The largest absolute Gasteiger partial charge is 0.372 e. The van der Waals surface area contributed by atoms with Crippen molar-refractivity contribution in [3.63, 3.8) is 0 Å². The van der Waals surface area contributed by atoms with Crippen LogP contribution in [0, 0.1) is 5.41 Å². The Labute approximate surface area is 116 Å². The summed E-state index contributed by atoms with van der Waals surface area (Å²) in [5.41, 5.74) is 0.325. The summed E-state index contributed by atoms with van der Waals surface area (Å²) in [4.78, 5) is 14.2. The number of amides is 1. The van der Waals surface area contributed by atoms with Crippen molar-refractivity contribution in [2.45, 2.75) is 65.2 Å². The molecule has 1 amide bonds. The molecule has 110 valence electrons. The molecule has 2 rings (SSSR count). The molecule has 4 nitrogen and oxygen atoms in total. The molecule has 1 saturated heterocycles. The second-order valence-electron chi connectivity index (χ2n) is 6.87. The summed E-state index contributed by atoms with van der Waals surface area (Å²) in [5.74, 6) is 0.213. The Hall–Kier alpha value is -0.610. The molecule has 1 aliphatic heterocycles. The van der Waals surface area contributed by atoms with Crippen LogP contribution in [0.15, 0.2) is 0 Å². The van der Waals surface area contributed by atoms with E-state index in [1.807, 2.05) is 18.7 Å². The standard InChI is InChI=1S/C15H28N2O2/c1-11-9-17(10-12(2)19-11)14(18)8-16-13-6-5-7-15(13,3)4/h11-13,16H,5-10H2,1-4H3. The highest BCUT2D eigenvalue weighted by Gasteiger charge is 2.35. The smallest absolute Gasteiger partial charge is 0.236 e. The lowest BCUT2D eigenvalue weighted by Crippen LogP contribution is -2.52. The molecule has 3 unspecified atom stereocenters. The van der Waals surface area contributed by atoms with Gasteiger partial charge in [-0.1, -0.05) is 20.3 Å². The molecule has 1 saturated carbocycles. The molecule has 0 aromatic heterocycles. The van der Waals surface area contributed by atoms with Crippen LogP contribution in [0.4, 0.5) is 0 Å². The second kappa shape index (κ2) is 5.80. The quantitative estimate of drug-likeness (QED) is 0.848. The van der Waals surface area contributed by atoms with Crippen molar-refractivity contribution < 1.29 is 9.53 Å². The SMILES string of the molecule is CC1CN(C(=O)CNC2CCCC2(C)C)CC(C)O1. The molecule has 1 aliphatic carbocycles. The van der Waals surface area contributed by atoms with Crippen LogP contribution in [-0.2, 0) is 9.53 Å². The number of hydrogen-bond acceptors (Lipinski definition) is 3. The maximum atomic E-state index is 12.3. The van der Waals surface area contributed by atoms with E-state index in [9.17, 15) is 4.79 Å². The monoisotopic (exact) mass is 268 g/mol. The fourth-order valence-electron chi connectivity index (χ4n) is 3.41. The molecule has 1 heterocycles. The van der Waals surface area contributed by atoms with Gasteiger partial charge in [-0.25, -0.2) is 0 Å². The Bertz CT molecular complexity index is 320. The number of rotatable bonds is 3. The molecular formula is C15H28N2O2. The van der Waals surface area contributed by atoms with E-state index in [2.05, 4.69) is 19.2 Å². The van der Waals surface area contributed by atoms with Gasteiger partial charge in [0.1, 0.15) is 0 Å². The van der Waals surface area contributed by atoms with Crippen LogP contribution in [0.2, 0.25) is 0 Å². The molecule has 0 aromatic carbocycles. The van der Waals surface area contributed by atoms with E-state index in [1.165, 1.54) is 19.3 Å². The maximum Gasteiger partial charge on any atom is 0.236 e. The van der Waals surface area contributed by atoms with Gasteiger partial charge in [-0.05, 0) is 32.1 Å². The topological polar surface area (TPSA) is 41.6 Å². The highest BCUT2D eigenvalue weighted by atomic mass is 16.5. The number of carbonyl (C=O) groups is 1. The van der Waals surface area contributed by atoms with Crippen molar-refractivity contribution >= 4 is 5.91 Å². The van der Waals surface area contributed by atoms with Gasteiger partial charge >= 0.3 is 0 Å². The van der Waals surface area contributed by atoms with Gasteiger partial charge in [0.05, 0.1) is 18.8 Å². The van der Waals surface area contributed by atoms with Gasteiger partial charge in [0, 0.05) is 19.1 Å². The predicted molar refractivity (Wildman–Crippen MR) is 76.0 cm³/mol. The van der Waals surface area contributed by atoms with E-state index >= 15 is 0 Å². The van der Waals surface area contributed by atoms with E-state index in [-0.39, 0.29) is 18.1 Å². The first-order valence-corrected chi connectivity index (χ1v) is 7.55. The van der Waals surface area contributed by atoms with Gasteiger partial charge < -0.3 is 15.0 Å². The third-order valence-corrected chi connectivity index (χ3v) is 4.53. The first-order valence-electron chi connectivity index (χ1n) is 7.55. The van der Waals surface area contributed by atoms with Crippen LogP contribution in [0.5, 0.6) is 0 Å². The number of ether oxygens (including phenoxy) is 1. The lowest BCUT2D eigenvalue weighted by atomic mass is 9.87. The van der Waals surface area contributed by atoms with Crippen molar-refractivity contribution in [3.8, 4) is 0 Å². The van der Waals surface area contributed by atoms with E-state index in [0.29, 0.717) is 18.0 Å². The molecule has 2 fully saturated rings. The molecule has 1 N–H and O–H groups in total. The molecule has 0 bridgehead atoms. The van der Waals surface area contributed by atoms with Crippen molar-refractivity contribution in [3.05, 3.63) is 0 Å². The first kappa shape index (κ1) is 14.8. The highest BCUT2D eigenvalue weighted by Crippen LogP contribution is 2.37. The summed E-state index contributed by atoms with van der Waals surface area (Å²) in [6.45, 7) is 10.6. The average Bonchev–Trinajstić information content (AvgIpc) is 2.64. The summed E-state index contributed by atoms with van der Waals surface area (Å²) in [6, 6.07) is 0.479. The van der Waals surface area contributed by atoms with Gasteiger partial charge in [-0.2, -0.15) is 0 Å². The molecule has 4 heteroatoms. The van der Waals surface area contributed by atoms with Crippen LogP contribution in [0.1, 0.15) is 47.0 Å². The van der Waals surface area contributed by atoms with Crippen LogP contribution in [0.3, 0.4) is 0 Å². The Morgan fingerprint density at radius 2 is 1.95 bits per heavy atom. The molecule has 0 radical (unpaired) electrons. The van der Waals surface area contributed by atoms with Gasteiger partial charge in [-0.15, -0.1) is 0 Å². The Kier molecular flexibility index (Phi) is 4.51. The van der Waals surface area contributed by atoms with Gasteiger partial charge in [0.15, 0.2) is 0 Å². The van der Waals surface area contributed by atoms with Gasteiger partial charge in [0.2, 0.25) is 5.91 Å². The van der Waals surface area contributed by atoms with Crippen LogP contribution >= 0.6 is 0 Å². The van der Waals surface area contributed by atoms with Crippen LogP contribution in [-0.4, -0.2) is 48.7 Å². The van der Waals surface area contributed by atoms with Gasteiger partial charge in [0.25, 0.3) is 0 Å². The summed E-state index contributed by atoms with van der Waals surface area (Å²) in [7, 11) is 0. The lowest BCUT2D eigenvalue weighted by molar-refractivity contribution is -0.142. The second-order valence-corrected chi connectivity index (χ2v) is 6.87. The van der Waals surface area contributed by atoms with Crippen molar-refractivity contribution in [1.29, 1.82) is 0 Å². The molecule has 0 aromatic rings. The first-order chi connectivity index (χ1) is 8.88. The zero-order valence-electron chi connectivity index (χ0n) is 12.7. The van der Waals surface area contributed by atoms with E-state index in [0.717, 1.165) is 13.1 Å². The minimum absolute atomic E-state index is 0.149. The minimum atomic E-state index is 0.149. The number of nitrogens with one attached hydrogen (secondary N) is 1. The normalized spacial score (nSPS) is 34.5.